The van der Waals surface area contributed by atoms with Gasteiger partial charge in [-0.1, -0.05) is 19.9 Å². The molecule has 0 bridgehead atoms. The van der Waals surface area contributed by atoms with Gasteiger partial charge < -0.3 is 11.2 Å². The third-order valence-electron chi connectivity index (χ3n) is 3.37. The SMILES string of the molecule is CC(C)Cn1cc(-c2ccc3nc(N)nc(NN)c3c2)cn1. The Balaban J connectivity index is 2.04. The number of nitrogen functional groups attached to an aromatic ring is 2. The number of hydrogen-bond donors (Lipinski definition) is 3. The Bertz CT molecular complexity index is 807. The fraction of sp³-hybridized carbons (Fsp3) is 0.267. The van der Waals surface area contributed by atoms with Gasteiger partial charge in [0.1, 0.15) is 0 Å². The highest BCUT2D eigenvalue weighted by molar-refractivity contribution is 5.93. The van der Waals surface area contributed by atoms with E-state index in [2.05, 4.69) is 34.3 Å². The number of fused-ring (bicyclic) bond motifs is 1. The van der Waals surface area contributed by atoms with Crippen LogP contribution in [0, 0.1) is 5.92 Å². The number of rotatable bonds is 4. The minimum absolute atomic E-state index is 0.193. The predicted octanol–water partition coefficient (Wildman–Crippen LogP) is 2.02. The average molecular weight is 297 g/mol. The van der Waals surface area contributed by atoms with Crippen molar-refractivity contribution in [2.24, 2.45) is 11.8 Å². The standard InChI is InChI=1S/C15H19N7/c1-9(2)7-22-8-11(6-18-22)10-3-4-13-12(5-10)14(21-17)20-15(16)19-13/h3-6,8-9H,7,17H2,1-2H3,(H3,16,19,20,21). The van der Waals surface area contributed by atoms with E-state index in [0.29, 0.717) is 11.7 Å². The fourth-order valence-corrected chi connectivity index (χ4v) is 2.42. The number of aromatic nitrogens is 4. The molecule has 0 unspecified atom stereocenters. The van der Waals surface area contributed by atoms with E-state index in [1.165, 1.54) is 0 Å². The van der Waals surface area contributed by atoms with Crippen LogP contribution in [-0.4, -0.2) is 19.7 Å². The summed E-state index contributed by atoms with van der Waals surface area (Å²) >= 11 is 0. The van der Waals surface area contributed by atoms with E-state index < -0.39 is 0 Å². The largest absolute Gasteiger partial charge is 0.368 e. The highest BCUT2D eigenvalue weighted by Gasteiger charge is 2.09. The Morgan fingerprint density at radius 2 is 2.05 bits per heavy atom. The summed E-state index contributed by atoms with van der Waals surface area (Å²) in [5, 5.41) is 5.22. The second-order valence-electron chi connectivity index (χ2n) is 5.65. The highest BCUT2D eigenvalue weighted by Crippen LogP contribution is 2.27. The van der Waals surface area contributed by atoms with E-state index in [-0.39, 0.29) is 5.95 Å². The van der Waals surface area contributed by atoms with Gasteiger partial charge >= 0.3 is 0 Å². The summed E-state index contributed by atoms with van der Waals surface area (Å²) in [6, 6.07) is 5.88. The Labute approximate surface area is 128 Å². The van der Waals surface area contributed by atoms with Crippen LogP contribution in [0.1, 0.15) is 13.8 Å². The lowest BCUT2D eigenvalue weighted by Gasteiger charge is -2.07. The number of nitrogens with zero attached hydrogens (tertiary/aromatic N) is 4. The molecule has 1 aromatic carbocycles. The maximum Gasteiger partial charge on any atom is 0.222 e. The van der Waals surface area contributed by atoms with Crippen LogP contribution in [0.2, 0.25) is 0 Å². The highest BCUT2D eigenvalue weighted by atomic mass is 15.3. The number of nitrogens with one attached hydrogen (secondary N) is 1. The second-order valence-corrected chi connectivity index (χ2v) is 5.65. The van der Waals surface area contributed by atoms with Crippen LogP contribution in [0.4, 0.5) is 11.8 Å². The quantitative estimate of drug-likeness (QED) is 0.502. The molecule has 7 nitrogen and oxygen atoms in total. The van der Waals surface area contributed by atoms with Crippen molar-refractivity contribution in [2.45, 2.75) is 20.4 Å². The van der Waals surface area contributed by atoms with Crippen molar-refractivity contribution in [1.82, 2.24) is 19.7 Å². The molecule has 5 N–H and O–H groups in total. The number of benzene rings is 1. The lowest BCUT2D eigenvalue weighted by atomic mass is 10.1. The predicted molar refractivity (Wildman–Crippen MR) is 87.8 cm³/mol. The lowest BCUT2D eigenvalue weighted by molar-refractivity contribution is 0.483. The zero-order valence-corrected chi connectivity index (χ0v) is 12.6. The van der Waals surface area contributed by atoms with Crippen molar-refractivity contribution in [2.75, 3.05) is 11.2 Å². The molecule has 0 aliphatic heterocycles. The van der Waals surface area contributed by atoms with Gasteiger partial charge in [-0.05, 0) is 23.6 Å². The molecule has 3 aromatic rings. The van der Waals surface area contributed by atoms with Crippen molar-refractivity contribution in [3.63, 3.8) is 0 Å². The van der Waals surface area contributed by atoms with E-state index in [9.17, 15) is 0 Å². The molecule has 3 rings (SSSR count). The molecule has 114 valence electrons. The summed E-state index contributed by atoms with van der Waals surface area (Å²) in [6.07, 6.45) is 3.89. The van der Waals surface area contributed by atoms with Crippen molar-refractivity contribution >= 4 is 22.7 Å². The van der Waals surface area contributed by atoms with E-state index in [0.717, 1.165) is 28.6 Å². The molecule has 0 saturated carbocycles. The molecule has 0 radical (unpaired) electrons. The van der Waals surface area contributed by atoms with Gasteiger partial charge in [0, 0.05) is 23.7 Å². The maximum absolute atomic E-state index is 5.67. The molecule has 2 aromatic heterocycles. The summed E-state index contributed by atoms with van der Waals surface area (Å²) in [5.74, 6) is 6.78. The summed E-state index contributed by atoms with van der Waals surface area (Å²) in [4.78, 5) is 8.32. The van der Waals surface area contributed by atoms with Crippen molar-refractivity contribution < 1.29 is 0 Å². The van der Waals surface area contributed by atoms with Crippen LogP contribution in [0.25, 0.3) is 22.0 Å². The monoisotopic (exact) mass is 297 g/mol. The molecule has 2 heterocycles. The van der Waals surface area contributed by atoms with Gasteiger partial charge in [-0.2, -0.15) is 10.1 Å². The van der Waals surface area contributed by atoms with Gasteiger partial charge in [0.25, 0.3) is 0 Å². The summed E-state index contributed by atoms with van der Waals surface area (Å²) in [7, 11) is 0. The minimum atomic E-state index is 0.193. The summed E-state index contributed by atoms with van der Waals surface area (Å²) in [5.41, 5.74) is 11.1. The minimum Gasteiger partial charge on any atom is -0.368 e. The molecule has 7 heteroatoms. The molecular weight excluding hydrogens is 278 g/mol. The maximum atomic E-state index is 5.67. The molecule has 0 aliphatic carbocycles. The Kier molecular flexibility index (Phi) is 3.64. The van der Waals surface area contributed by atoms with Crippen LogP contribution in [0.15, 0.2) is 30.6 Å². The van der Waals surface area contributed by atoms with E-state index >= 15 is 0 Å². The molecular formula is C15H19N7. The van der Waals surface area contributed by atoms with Gasteiger partial charge in [0.15, 0.2) is 5.82 Å². The molecule has 0 atom stereocenters. The Morgan fingerprint density at radius 3 is 2.77 bits per heavy atom. The normalized spacial score (nSPS) is 11.3. The van der Waals surface area contributed by atoms with Crippen LogP contribution in [-0.2, 0) is 6.54 Å². The van der Waals surface area contributed by atoms with Gasteiger partial charge in [0.05, 0.1) is 11.7 Å². The van der Waals surface area contributed by atoms with E-state index in [1.54, 1.807) is 0 Å². The fourth-order valence-electron chi connectivity index (χ4n) is 2.42. The Hall–Kier alpha value is -2.67. The number of hydrogen-bond acceptors (Lipinski definition) is 6. The van der Waals surface area contributed by atoms with E-state index in [1.807, 2.05) is 35.3 Å². The van der Waals surface area contributed by atoms with Gasteiger partial charge in [-0.25, -0.2) is 10.8 Å². The van der Waals surface area contributed by atoms with Crippen molar-refractivity contribution in [3.8, 4) is 11.1 Å². The van der Waals surface area contributed by atoms with Crippen molar-refractivity contribution in [1.29, 1.82) is 0 Å². The zero-order valence-electron chi connectivity index (χ0n) is 12.6. The van der Waals surface area contributed by atoms with Crippen LogP contribution in [0.5, 0.6) is 0 Å². The third kappa shape index (κ3) is 2.71. The molecule has 0 fully saturated rings. The average Bonchev–Trinajstić information content (AvgIpc) is 2.93. The lowest BCUT2D eigenvalue weighted by Crippen LogP contribution is -2.11. The first-order valence-corrected chi connectivity index (χ1v) is 7.13. The first kappa shape index (κ1) is 14.3. The van der Waals surface area contributed by atoms with Crippen LogP contribution in [0.3, 0.4) is 0 Å². The first-order chi connectivity index (χ1) is 10.6. The third-order valence-corrected chi connectivity index (χ3v) is 3.37. The zero-order chi connectivity index (χ0) is 15.7. The first-order valence-electron chi connectivity index (χ1n) is 7.13. The van der Waals surface area contributed by atoms with Gasteiger partial charge in [-0.3, -0.25) is 4.68 Å². The Morgan fingerprint density at radius 1 is 1.23 bits per heavy atom. The topological polar surface area (TPSA) is 108 Å². The van der Waals surface area contributed by atoms with E-state index in [4.69, 9.17) is 11.6 Å². The van der Waals surface area contributed by atoms with Crippen LogP contribution < -0.4 is 17.0 Å². The number of anilines is 2. The summed E-state index contributed by atoms with van der Waals surface area (Å²) in [6.45, 7) is 5.22. The van der Waals surface area contributed by atoms with Crippen LogP contribution >= 0.6 is 0 Å². The molecule has 0 spiro atoms. The molecule has 0 amide bonds. The number of hydrazine groups is 1. The molecule has 22 heavy (non-hydrogen) atoms. The molecule has 0 saturated heterocycles. The molecule has 0 aliphatic rings. The number of nitrogens with two attached hydrogens (primary N) is 2. The van der Waals surface area contributed by atoms with Crippen molar-refractivity contribution in [3.05, 3.63) is 30.6 Å². The second kappa shape index (κ2) is 5.61. The van der Waals surface area contributed by atoms with Gasteiger partial charge in [0.2, 0.25) is 5.95 Å². The smallest absolute Gasteiger partial charge is 0.222 e. The summed E-state index contributed by atoms with van der Waals surface area (Å²) < 4.78 is 1.95. The van der Waals surface area contributed by atoms with Gasteiger partial charge in [-0.15, -0.1) is 0 Å².